The van der Waals surface area contributed by atoms with Gasteiger partial charge >= 0.3 is 0 Å². The van der Waals surface area contributed by atoms with E-state index in [2.05, 4.69) is 65.8 Å². The Morgan fingerprint density at radius 3 is 2.35 bits per heavy atom. The van der Waals surface area contributed by atoms with Crippen molar-refractivity contribution in [1.29, 1.82) is 0 Å². The van der Waals surface area contributed by atoms with Gasteiger partial charge in [-0.3, -0.25) is 0 Å². The molecule has 0 fully saturated rings. The Morgan fingerprint density at radius 2 is 1.55 bits per heavy atom. The first-order valence-electron chi connectivity index (χ1n) is 7.19. The Morgan fingerprint density at radius 1 is 0.850 bits per heavy atom. The molecule has 0 amide bonds. The van der Waals surface area contributed by atoms with Gasteiger partial charge in [-0.1, -0.05) is 37.3 Å². The van der Waals surface area contributed by atoms with Crippen LogP contribution >= 0.6 is 0 Å². The molecule has 0 saturated heterocycles. The van der Waals surface area contributed by atoms with Crippen LogP contribution in [0, 0.1) is 0 Å². The highest BCUT2D eigenvalue weighted by molar-refractivity contribution is 5.79. The first-order valence-corrected chi connectivity index (χ1v) is 7.19. The molecule has 1 heterocycles. The highest BCUT2D eigenvalue weighted by Crippen LogP contribution is 2.14. The topological polar surface area (TPSA) is 27.8 Å². The van der Waals surface area contributed by atoms with Crippen molar-refractivity contribution in [1.82, 2.24) is 10.3 Å². The standard InChI is InChI=1S/C18H20N2/c1-2-14-3-5-15(6-4-14)12-19-13-16-7-8-18-17(11-16)9-10-20-18/h3-11,19-20H,2,12-13H2,1H3. The van der Waals surface area contributed by atoms with Crippen LogP contribution in [0.5, 0.6) is 0 Å². The number of fused-ring (bicyclic) bond motifs is 1. The normalized spacial score (nSPS) is 11.1. The van der Waals surface area contributed by atoms with E-state index >= 15 is 0 Å². The fourth-order valence-electron chi connectivity index (χ4n) is 2.46. The smallest absolute Gasteiger partial charge is 0.0454 e. The summed E-state index contributed by atoms with van der Waals surface area (Å²) in [5.41, 5.74) is 5.25. The van der Waals surface area contributed by atoms with Crippen LogP contribution in [0.15, 0.2) is 54.7 Å². The van der Waals surface area contributed by atoms with E-state index in [4.69, 9.17) is 0 Å². The van der Waals surface area contributed by atoms with Gasteiger partial charge in [-0.05, 0) is 46.7 Å². The molecule has 0 aliphatic rings. The number of hydrogen-bond donors (Lipinski definition) is 2. The van der Waals surface area contributed by atoms with Crippen LogP contribution in [0.1, 0.15) is 23.6 Å². The van der Waals surface area contributed by atoms with Crippen LogP contribution in [0.3, 0.4) is 0 Å². The lowest BCUT2D eigenvalue weighted by atomic mass is 10.1. The first-order chi connectivity index (χ1) is 9.85. The minimum absolute atomic E-state index is 0.899. The van der Waals surface area contributed by atoms with Crippen LogP contribution in [-0.4, -0.2) is 4.98 Å². The van der Waals surface area contributed by atoms with Gasteiger partial charge in [0.2, 0.25) is 0 Å². The maximum atomic E-state index is 3.50. The number of rotatable bonds is 5. The molecule has 0 bridgehead atoms. The van der Waals surface area contributed by atoms with Gasteiger partial charge < -0.3 is 10.3 Å². The molecule has 2 aromatic carbocycles. The van der Waals surface area contributed by atoms with Crippen LogP contribution < -0.4 is 5.32 Å². The zero-order valence-electron chi connectivity index (χ0n) is 11.8. The Balaban J connectivity index is 1.58. The van der Waals surface area contributed by atoms with E-state index in [1.165, 1.54) is 27.6 Å². The molecule has 0 atom stereocenters. The SMILES string of the molecule is CCc1ccc(CNCc2ccc3[nH]ccc3c2)cc1. The van der Waals surface area contributed by atoms with Crippen molar-refractivity contribution in [3.05, 3.63) is 71.4 Å². The summed E-state index contributed by atoms with van der Waals surface area (Å²) in [6, 6.07) is 17.5. The molecular formula is C18H20N2. The average molecular weight is 264 g/mol. The number of aromatic amines is 1. The van der Waals surface area contributed by atoms with Crippen molar-refractivity contribution in [2.45, 2.75) is 26.4 Å². The van der Waals surface area contributed by atoms with Crippen LogP contribution in [0.25, 0.3) is 10.9 Å². The van der Waals surface area contributed by atoms with Gasteiger partial charge in [0.15, 0.2) is 0 Å². The van der Waals surface area contributed by atoms with Crippen LogP contribution in [-0.2, 0) is 19.5 Å². The molecule has 2 N–H and O–H groups in total. The van der Waals surface area contributed by atoms with Gasteiger partial charge in [0.1, 0.15) is 0 Å². The molecule has 3 aromatic rings. The molecule has 2 nitrogen and oxygen atoms in total. The van der Waals surface area contributed by atoms with Gasteiger partial charge in [-0.15, -0.1) is 0 Å². The lowest BCUT2D eigenvalue weighted by Crippen LogP contribution is -2.12. The highest BCUT2D eigenvalue weighted by atomic mass is 14.8. The molecule has 20 heavy (non-hydrogen) atoms. The molecule has 102 valence electrons. The van der Waals surface area contributed by atoms with Crippen molar-refractivity contribution in [2.24, 2.45) is 0 Å². The van der Waals surface area contributed by atoms with Crippen molar-refractivity contribution in [3.8, 4) is 0 Å². The lowest BCUT2D eigenvalue weighted by molar-refractivity contribution is 0.694. The lowest BCUT2D eigenvalue weighted by Gasteiger charge is -2.06. The zero-order valence-corrected chi connectivity index (χ0v) is 11.8. The predicted octanol–water partition coefficient (Wildman–Crippen LogP) is 4.02. The molecule has 2 heteroatoms. The minimum Gasteiger partial charge on any atom is -0.361 e. The Bertz CT molecular complexity index is 680. The summed E-state index contributed by atoms with van der Waals surface area (Å²) in [6.07, 6.45) is 3.08. The number of aromatic nitrogens is 1. The fraction of sp³-hybridized carbons (Fsp3) is 0.222. The summed E-state index contributed by atoms with van der Waals surface area (Å²) in [5, 5.41) is 4.78. The summed E-state index contributed by atoms with van der Waals surface area (Å²) in [4.78, 5) is 3.22. The van der Waals surface area contributed by atoms with Crippen molar-refractivity contribution in [2.75, 3.05) is 0 Å². The molecule has 0 aliphatic heterocycles. The van der Waals surface area contributed by atoms with Crippen molar-refractivity contribution >= 4 is 10.9 Å². The van der Waals surface area contributed by atoms with Crippen molar-refractivity contribution in [3.63, 3.8) is 0 Å². The molecule has 0 saturated carbocycles. The summed E-state index contributed by atoms with van der Waals surface area (Å²) < 4.78 is 0. The van der Waals surface area contributed by atoms with Gasteiger partial charge in [-0.25, -0.2) is 0 Å². The monoisotopic (exact) mass is 264 g/mol. The molecule has 0 spiro atoms. The van der Waals surface area contributed by atoms with E-state index in [-0.39, 0.29) is 0 Å². The summed E-state index contributed by atoms with van der Waals surface area (Å²) >= 11 is 0. The van der Waals surface area contributed by atoms with Gasteiger partial charge in [0.05, 0.1) is 0 Å². The maximum Gasteiger partial charge on any atom is 0.0454 e. The highest BCUT2D eigenvalue weighted by Gasteiger charge is 1.98. The average Bonchev–Trinajstić information content (AvgIpc) is 2.95. The van der Waals surface area contributed by atoms with E-state index in [1.807, 2.05) is 6.20 Å². The molecule has 0 radical (unpaired) electrons. The summed E-state index contributed by atoms with van der Waals surface area (Å²) in [5.74, 6) is 0. The Labute approximate surface area is 119 Å². The Hall–Kier alpha value is -2.06. The molecule has 1 aromatic heterocycles. The first kappa shape index (κ1) is 12.9. The fourth-order valence-corrected chi connectivity index (χ4v) is 2.46. The number of hydrogen-bond acceptors (Lipinski definition) is 1. The second-order valence-electron chi connectivity index (χ2n) is 5.17. The second-order valence-corrected chi connectivity index (χ2v) is 5.17. The van der Waals surface area contributed by atoms with E-state index in [9.17, 15) is 0 Å². The van der Waals surface area contributed by atoms with Gasteiger partial charge in [0, 0.05) is 24.8 Å². The second kappa shape index (κ2) is 5.93. The number of H-pyrrole nitrogens is 1. The number of benzene rings is 2. The maximum absolute atomic E-state index is 3.50. The third-order valence-electron chi connectivity index (χ3n) is 3.71. The summed E-state index contributed by atoms with van der Waals surface area (Å²) in [6.45, 7) is 4.00. The minimum atomic E-state index is 0.899. The Kier molecular flexibility index (Phi) is 3.84. The zero-order chi connectivity index (χ0) is 13.8. The molecular weight excluding hydrogens is 244 g/mol. The van der Waals surface area contributed by atoms with E-state index in [1.54, 1.807) is 0 Å². The molecule has 3 rings (SSSR count). The molecule has 0 unspecified atom stereocenters. The van der Waals surface area contributed by atoms with Gasteiger partial charge in [-0.2, -0.15) is 0 Å². The largest absolute Gasteiger partial charge is 0.361 e. The quantitative estimate of drug-likeness (QED) is 0.715. The number of aryl methyl sites for hydroxylation is 1. The van der Waals surface area contributed by atoms with Crippen molar-refractivity contribution < 1.29 is 0 Å². The van der Waals surface area contributed by atoms with E-state index < -0.39 is 0 Å². The van der Waals surface area contributed by atoms with E-state index in [0.29, 0.717) is 0 Å². The third-order valence-corrected chi connectivity index (χ3v) is 3.71. The number of nitrogens with one attached hydrogen (secondary N) is 2. The molecule has 0 aliphatic carbocycles. The van der Waals surface area contributed by atoms with E-state index in [0.717, 1.165) is 19.5 Å². The van der Waals surface area contributed by atoms with Crippen LogP contribution in [0.4, 0.5) is 0 Å². The van der Waals surface area contributed by atoms with Gasteiger partial charge in [0.25, 0.3) is 0 Å². The summed E-state index contributed by atoms with van der Waals surface area (Å²) in [7, 11) is 0. The predicted molar refractivity (Wildman–Crippen MR) is 84.7 cm³/mol. The van der Waals surface area contributed by atoms with Crippen LogP contribution in [0.2, 0.25) is 0 Å². The third kappa shape index (κ3) is 2.91.